The molecule has 2 aromatic heterocycles. The predicted octanol–water partition coefficient (Wildman–Crippen LogP) is 2.69. The second-order valence-electron chi connectivity index (χ2n) is 8.11. The zero-order valence-corrected chi connectivity index (χ0v) is 16.9. The molecule has 0 atom stereocenters. The molecule has 0 spiro atoms. The first kappa shape index (κ1) is 19.1. The lowest BCUT2D eigenvalue weighted by molar-refractivity contribution is -0.132. The average Bonchev–Trinajstić information content (AvgIpc) is 3.35. The van der Waals surface area contributed by atoms with E-state index in [0.29, 0.717) is 32.0 Å². The van der Waals surface area contributed by atoms with Gasteiger partial charge in [0.05, 0.1) is 12.1 Å². The van der Waals surface area contributed by atoms with Crippen LogP contribution in [0.1, 0.15) is 66.8 Å². The molecular weight excluding hydrogens is 360 g/mol. The van der Waals surface area contributed by atoms with E-state index >= 15 is 0 Å². The number of methoxy groups -OCH3 is 1. The SMILES string of the molecule is COCCC1(c2noc(C3CC3)n2)CCN(C(=O)Cc2c(C)noc2C)CC1. The Labute approximate surface area is 164 Å². The van der Waals surface area contributed by atoms with Gasteiger partial charge in [0.15, 0.2) is 5.82 Å². The smallest absolute Gasteiger partial charge is 0.229 e. The van der Waals surface area contributed by atoms with Crippen molar-refractivity contribution in [2.75, 3.05) is 26.8 Å². The standard InChI is InChI=1S/C20H28N4O4/c1-13-16(14(2)27-22-13)12-17(25)24-9-6-20(7-10-24,8-11-26-3)19-21-18(28-23-19)15-4-5-15/h15H,4-12H2,1-3H3. The summed E-state index contributed by atoms with van der Waals surface area (Å²) in [6.45, 7) is 5.72. The number of hydrogen-bond donors (Lipinski definition) is 0. The van der Waals surface area contributed by atoms with Crippen LogP contribution >= 0.6 is 0 Å². The number of piperidine rings is 1. The van der Waals surface area contributed by atoms with Crippen molar-refractivity contribution in [2.45, 2.75) is 63.7 Å². The molecule has 152 valence electrons. The number of ether oxygens (including phenoxy) is 1. The lowest BCUT2D eigenvalue weighted by Crippen LogP contribution is -2.46. The van der Waals surface area contributed by atoms with Crippen molar-refractivity contribution in [2.24, 2.45) is 0 Å². The number of rotatable bonds is 7. The summed E-state index contributed by atoms with van der Waals surface area (Å²) in [5, 5.41) is 8.26. The molecule has 1 aliphatic carbocycles. The third-order valence-corrected chi connectivity index (χ3v) is 6.21. The number of likely N-dealkylation sites (tertiary alicyclic amines) is 1. The molecule has 4 rings (SSSR count). The maximum Gasteiger partial charge on any atom is 0.229 e. The van der Waals surface area contributed by atoms with Gasteiger partial charge in [-0.2, -0.15) is 4.98 Å². The number of aryl methyl sites for hydroxylation is 2. The summed E-state index contributed by atoms with van der Waals surface area (Å²) in [4.78, 5) is 19.5. The molecule has 0 unspecified atom stereocenters. The van der Waals surface area contributed by atoms with E-state index in [1.807, 2.05) is 18.7 Å². The molecular formula is C20H28N4O4. The molecule has 0 radical (unpaired) electrons. The first-order chi connectivity index (χ1) is 13.5. The fraction of sp³-hybridized carbons (Fsp3) is 0.700. The van der Waals surface area contributed by atoms with Gasteiger partial charge in [0.25, 0.3) is 0 Å². The van der Waals surface area contributed by atoms with Crippen molar-refractivity contribution in [1.29, 1.82) is 0 Å². The summed E-state index contributed by atoms with van der Waals surface area (Å²) in [5.41, 5.74) is 1.50. The Morgan fingerprint density at radius 1 is 1.21 bits per heavy atom. The highest BCUT2D eigenvalue weighted by Gasteiger charge is 2.42. The monoisotopic (exact) mass is 388 g/mol. The molecule has 3 heterocycles. The first-order valence-corrected chi connectivity index (χ1v) is 10.0. The van der Waals surface area contributed by atoms with Crippen molar-refractivity contribution < 1.29 is 18.6 Å². The highest BCUT2D eigenvalue weighted by Crippen LogP contribution is 2.42. The third kappa shape index (κ3) is 3.70. The van der Waals surface area contributed by atoms with Gasteiger partial charge in [-0.05, 0) is 46.0 Å². The van der Waals surface area contributed by atoms with E-state index < -0.39 is 0 Å². The number of aromatic nitrogens is 3. The summed E-state index contributed by atoms with van der Waals surface area (Å²) in [6.07, 6.45) is 5.06. The van der Waals surface area contributed by atoms with Crippen molar-refractivity contribution in [3.63, 3.8) is 0 Å². The number of hydrogen-bond acceptors (Lipinski definition) is 7. The number of amides is 1. The maximum absolute atomic E-state index is 12.8. The second-order valence-corrected chi connectivity index (χ2v) is 8.11. The van der Waals surface area contributed by atoms with Crippen molar-refractivity contribution in [3.05, 3.63) is 28.7 Å². The lowest BCUT2D eigenvalue weighted by atomic mass is 9.75. The van der Waals surface area contributed by atoms with E-state index in [-0.39, 0.29) is 11.3 Å². The molecule has 1 amide bonds. The van der Waals surface area contributed by atoms with Gasteiger partial charge < -0.3 is 18.7 Å². The van der Waals surface area contributed by atoms with Gasteiger partial charge in [0.2, 0.25) is 11.8 Å². The minimum Gasteiger partial charge on any atom is -0.385 e. The van der Waals surface area contributed by atoms with E-state index in [0.717, 1.165) is 60.8 Å². The van der Waals surface area contributed by atoms with Crippen LogP contribution in [0, 0.1) is 13.8 Å². The Morgan fingerprint density at radius 3 is 2.57 bits per heavy atom. The van der Waals surface area contributed by atoms with Crippen molar-refractivity contribution >= 4 is 5.91 Å². The van der Waals surface area contributed by atoms with Crippen molar-refractivity contribution in [1.82, 2.24) is 20.2 Å². The molecule has 2 aliphatic rings. The van der Waals surface area contributed by atoms with Gasteiger partial charge >= 0.3 is 0 Å². The van der Waals surface area contributed by atoms with Crippen LogP contribution < -0.4 is 0 Å². The third-order valence-electron chi connectivity index (χ3n) is 6.21. The minimum atomic E-state index is -0.188. The van der Waals surface area contributed by atoms with Crippen LogP contribution in [-0.2, 0) is 21.4 Å². The van der Waals surface area contributed by atoms with E-state index in [1.54, 1.807) is 7.11 Å². The van der Waals surface area contributed by atoms with Crippen LogP contribution in [0.15, 0.2) is 9.05 Å². The van der Waals surface area contributed by atoms with Crippen LogP contribution in [0.4, 0.5) is 0 Å². The van der Waals surface area contributed by atoms with Gasteiger partial charge in [0, 0.05) is 43.7 Å². The molecule has 8 nitrogen and oxygen atoms in total. The minimum absolute atomic E-state index is 0.113. The Hall–Kier alpha value is -2.22. The molecule has 2 aromatic rings. The van der Waals surface area contributed by atoms with E-state index in [4.69, 9.17) is 18.8 Å². The van der Waals surface area contributed by atoms with Crippen LogP contribution in [0.2, 0.25) is 0 Å². The van der Waals surface area contributed by atoms with Gasteiger partial charge in [-0.1, -0.05) is 10.3 Å². The zero-order chi connectivity index (χ0) is 19.7. The normalized spacial score (nSPS) is 19.2. The van der Waals surface area contributed by atoms with Crippen LogP contribution in [0.3, 0.4) is 0 Å². The summed E-state index contributed by atoms with van der Waals surface area (Å²) in [7, 11) is 1.71. The van der Waals surface area contributed by atoms with Crippen molar-refractivity contribution in [3.8, 4) is 0 Å². The molecule has 0 bridgehead atoms. The lowest BCUT2D eigenvalue weighted by Gasteiger charge is -2.39. The number of carbonyl (C=O) groups excluding carboxylic acids is 1. The fourth-order valence-electron chi connectivity index (χ4n) is 4.03. The number of nitrogens with zero attached hydrogens (tertiary/aromatic N) is 4. The Bertz CT molecular complexity index is 812. The second kappa shape index (κ2) is 7.66. The van der Waals surface area contributed by atoms with Crippen LogP contribution in [-0.4, -0.2) is 52.9 Å². The molecule has 28 heavy (non-hydrogen) atoms. The van der Waals surface area contributed by atoms with Gasteiger partial charge in [0.1, 0.15) is 5.76 Å². The predicted molar refractivity (Wildman–Crippen MR) is 99.9 cm³/mol. The van der Waals surface area contributed by atoms with Gasteiger partial charge in [-0.25, -0.2) is 0 Å². The topological polar surface area (TPSA) is 94.5 Å². The molecule has 2 fully saturated rings. The highest BCUT2D eigenvalue weighted by atomic mass is 16.5. The fourth-order valence-corrected chi connectivity index (χ4v) is 4.03. The average molecular weight is 388 g/mol. The molecule has 1 saturated carbocycles. The Kier molecular flexibility index (Phi) is 5.23. The number of carbonyl (C=O) groups is 1. The van der Waals surface area contributed by atoms with E-state index in [2.05, 4.69) is 10.3 Å². The maximum atomic E-state index is 12.8. The molecule has 0 aromatic carbocycles. The summed E-state index contributed by atoms with van der Waals surface area (Å²) >= 11 is 0. The Balaban J connectivity index is 1.44. The zero-order valence-electron chi connectivity index (χ0n) is 16.9. The summed E-state index contributed by atoms with van der Waals surface area (Å²) in [5.74, 6) is 2.82. The molecule has 1 aliphatic heterocycles. The summed E-state index contributed by atoms with van der Waals surface area (Å²) < 4.78 is 16.0. The van der Waals surface area contributed by atoms with E-state index in [1.165, 1.54) is 0 Å². The molecule has 8 heteroatoms. The quantitative estimate of drug-likeness (QED) is 0.720. The largest absolute Gasteiger partial charge is 0.385 e. The van der Waals surface area contributed by atoms with Gasteiger partial charge in [-0.3, -0.25) is 4.79 Å². The summed E-state index contributed by atoms with van der Waals surface area (Å²) in [6, 6.07) is 0. The van der Waals surface area contributed by atoms with Crippen LogP contribution in [0.5, 0.6) is 0 Å². The van der Waals surface area contributed by atoms with E-state index in [9.17, 15) is 4.79 Å². The highest BCUT2D eigenvalue weighted by molar-refractivity contribution is 5.79. The first-order valence-electron chi connectivity index (χ1n) is 10.0. The molecule has 1 saturated heterocycles. The van der Waals surface area contributed by atoms with Gasteiger partial charge in [-0.15, -0.1) is 0 Å². The Morgan fingerprint density at radius 2 is 1.96 bits per heavy atom. The molecule has 0 N–H and O–H groups in total. The van der Waals surface area contributed by atoms with Crippen LogP contribution in [0.25, 0.3) is 0 Å².